The first kappa shape index (κ1) is 15.1. The zero-order valence-corrected chi connectivity index (χ0v) is 13.6. The van der Waals surface area contributed by atoms with E-state index in [0.717, 1.165) is 28.2 Å². The van der Waals surface area contributed by atoms with Crippen LogP contribution in [0, 0.1) is 5.92 Å². The molecule has 22 heavy (non-hydrogen) atoms. The number of benzene rings is 2. The average molecular weight is 314 g/mol. The van der Waals surface area contributed by atoms with Crippen molar-refractivity contribution < 1.29 is 5.11 Å². The molecule has 1 unspecified atom stereocenters. The van der Waals surface area contributed by atoms with Crippen molar-refractivity contribution in [1.29, 1.82) is 0 Å². The molecule has 0 fully saturated rings. The van der Waals surface area contributed by atoms with Gasteiger partial charge in [-0.1, -0.05) is 55.8 Å². The van der Waals surface area contributed by atoms with Gasteiger partial charge in [0.05, 0.1) is 6.10 Å². The van der Waals surface area contributed by atoms with E-state index in [0.29, 0.717) is 0 Å². The molecule has 0 bridgehead atoms. The van der Waals surface area contributed by atoms with Crippen molar-refractivity contribution in [2.45, 2.75) is 26.5 Å². The number of aliphatic hydroxyl groups excluding tert-OH is 1. The van der Waals surface area contributed by atoms with Gasteiger partial charge in [-0.3, -0.25) is 0 Å². The van der Waals surface area contributed by atoms with Gasteiger partial charge in [-0.25, -0.2) is 0 Å². The van der Waals surface area contributed by atoms with Gasteiger partial charge in [0.1, 0.15) is 0 Å². The third-order valence-electron chi connectivity index (χ3n) is 4.01. The molecule has 0 amide bonds. The maximum absolute atomic E-state index is 10.6. The van der Waals surface area contributed by atoms with E-state index < -0.39 is 6.10 Å². The molecule has 114 valence electrons. The molecule has 0 aliphatic heterocycles. The highest BCUT2D eigenvalue weighted by Gasteiger charge is 2.19. The largest absolute Gasteiger partial charge is 0.387 e. The van der Waals surface area contributed by atoms with Gasteiger partial charge in [-0.15, -0.1) is 0 Å². The SMILES string of the molecule is CC(C)C(O)c1cc2cc(Cl)ccc2n1Cc1ccccc1. The van der Waals surface area contributed by atoms with Crippen LogP contribution in [-0.2, 0) is 6.54 Å². The lowest BCUT2D eigenvalue weighted by Crippen LogP contribution is -2.12. The third kappa shape index (κ3) is 2.90. The highest BCUT2D eigenvalue weighted by molar-refractivity contribution is 6.31. The topological polar surface area (TPSA) is 25.2 Å². The van der Waals surface area contributed by atoms with Crippen LogP contribution >= 0.6 is 11.6 Å². The lowest BCUT2D eigenvalue weighted by Gasteiger charge is -2.18. The van der Waals surface area contributed by atoms with E-state index in [1.807, 2.05) is 50.2 Å². The molecular weight excluding hydrogens is 294 g/mol. The molecule has 0 saturated heterocycles. The smallest absolute Gasteiger partial charge is 0.0962 e. The van der Waals surface area contributed by atoms with Crippen LogP contribution in [0.15, 0.2) is 54.6 Å². The van der Waals surface area contributed by atoms with Gasteiger partial charge < -0.3 is 9.67 Å². The number of aliphatic hydroxyl groups is 1. The molecule has 0 radical (unpaired) electrons. The number of aromatic nitrogens is 1. The lowest BCUT2D eigenvalue weighted by atomic mass is 10.0. The Labute approximate surface area is 136 Å². The Morgan fingerprint density at radius 1 is 1.05 bits per heavy atom. The summed E-state index contributed by atoms with van der Waals surface area (Å²) in [6.45, 7) is 4.80. The van der Waals surface area contributed by atoms with Crippen LogP contribution < -0.4 is 0 Å². The summed E-state index contributed by atoms with van der Waals surface area (Å²) in [5, 5.41) is 12.4. The summed E-state index contributed by atoms with van der Waals surface area (Å²) in [6, 6.07) is 18.2. The molecule has 0 aliphatic carbocycles. The van der Waals surface area contributed by atoms with E-state index >= 15 is 0 Å². The van der Waals surface area contributed by atoms with E-state index in [-0.39, 0.29) is 5.92 Å². The number of hydrogen-bond donors (Lipinski definition) is 1. The first-order valence-corrected chi connectivity index (χ1v) is 7.94. The van der Waals surface area contributed by atoms with Crippen molar-refractivity contribution in [3.8, 4) is 0 Å². The summed E-state index contributed by atoms with van der Waals surface area (Å²) in [5.74, 6) is 0.161. The Bertz CT molecular complexity index is 777. The number of nitrogens with zero attached hydrogens (tertiary/aromatic N) is 1. The van der Waals surface area contributed by atoms with Gasteiger partial charge in [0.25, 0.3) is 0 Å². The normalized spacial score (nSPS) is 13.0. The molecular formula is C19H20ClNO. The van der Waals surface area contributed by atoms with Gasteiger partial charge in [-0.05, 0) is 35.7 Å². The Balaban J connectivity index is 2.14. The Kier molecular flexibility index (Phi) is 4.23. The van der Waals surface area contributed by atoms with Gasteiger partial charge in [0, 0.05) is 28.2 Å². The van der Waals surface area contributed by atoms with E-state index in [2.05, 4.69) is 22.8 Å². The standard InChI is InChI=1S/C19H20ClNO/c1-13(2)19(22)18-11-15-10-16(20)8-9-17(15)21(18)12-14-6-4-3-5-7-14/h3-11,13,19,22H,12H2,1-2H3. The van der Waals surface area contributed by atoms with E-state index in [1.165, 1.54) is 5.56 Å². The summed E-state index contributed by atoms with van der Waals surface area (Å²) in [7, 11) is 0. The second-order valence-electron chi connectivity index (χ2n) is 6.03. The minimum absolute atomic E-state index is 0.161. The van der Waals surface area contributed by atoms with Crippen molar-refractivity contribution in [1.82, 2.24) is 4.57 Å². The highest BCUT2D eigenvalue weighted by Crippen LogP contribution is 2.30. The zero-order valence-electron chi connectivity index (χ0n) is 12.8. The van der Waals surface area contributed by atoms with E-state index in [4.69, 9.17) is 11.6 Å². The van der Waals surface area contributed by atoms with Crippen molar-refractivity contribution in [2.75, 3.05) is 0 Å². The second-order valence-corrected chi connectivity index (χ2v) is 6.47. The number of hydrogen-bond acceptors (Lipinski definition) is 1. The summed E-state index contributed by atoms with van der Waals surface area (Å²) in [4.78, 5) is 0. The predicted molar refractivity (Wildman–Crippen MR) is 92.3 cm³/mol. The van der Waals surface area contributed by atoms with Crippen LogP contribution in [0.25, 0.3) is 10.9 Å². The quantitative estimate of drug-likeness (QED) is 0.718. The molecule has 0 spiro atoms. The Hall–Kier alpha value is -1.77. The van der Waals surface area contributed by atoms with Crippen LogP contribution in [0.5, 0.6) is 0 Å². The minimum Gasteiger partial charge on any atom is -0.387 e. The van der Waals surface area contributed by atoms with E-state index in [9.17, 15) is 5.11 Å². The summed E-state index contributed by atoms with van der Waals surface area (Å²) >= 11 is 6.11. The van der Waals surface area contributed by atoms with Crippen LogP contribution in [0.3, 0.4) is 0 Å². The predicted octanol–water partition coefficient (Wildman–Crippen LogP) is 5.03. The minimum atomic E-state index is -0.491. The zero-order chi connectivity index (χ0) is 15.7. The summed E-state index contributed by atoms with van der Waals surface area (Å²) < 4.78 is 2.19. The Morgan fingerprint density at radius 2 is 1.77 bits per heavy atom. The van der Waals surface area contributed by atoms with Crippen molar-refractivity contribution in [2.24, 2.45) is 5.92 Å². The fraction of sp³-hybridized carbons (Fsp3) is 0.263. The van der Waals surface area contributed by atoms with Crippen LogP contribution in [0.1, 0.15) is 31.2 Å². The average Bonchev–Trinajstić information content (AvgIpc) is 2.85. The fourth-order valence-corrected chi connectivity index (χ4v) is 2.97. The molecule has 0 saturated carbocycles. The summed E-state index contributed by atoms with van der Waals surface area (Å²) in [5.41, 5.74) is 3.26. The lowest BCUT2D eigenvalue weighted by molar-refractivity contribution is 0.119. The highest BCUT2D eigenvalue weighted by atomic mass is 35.5. The number of rotatable bonds is 4. The number of fused-ring (bicyclic) bond motifs is 1. The van der Waals surface area contributed by atoms with Crippen molar-refractivity contribution >= 4 is 22.5 Å². The van der Waals surface area contributed by atoms with Gasteiger partial charge in [0.15, 0.2) is 0 Å². The summed E-state index contributed by atoms with van der Waals surface area (Å²) in [6.07, 6.45) is -0.491. The molecule has 1 N–H and O–H groups in total. The molecule has 3 heteroatoms. The van der Waals surface area contributed by atoms with E-state index in [1.54, 1.807) is 0 Å². The van der Waals surface area contributed by atoms with Gasteiger partial charge in [0.2, 0.25) is 0 Å². The van der Waals surface area contributed by atoms with Gasteiger partial charge >= 0.3 is 0 Å². The number of halogens is 1. The molecule has 1 aromatic heterocycles. The van der Waals surface area contributed by atoms with Crippen molar-refractivity contribution in [3.05, 3.63) is 70.9 Å². The molecule has 3 aromatic rings. The molecule has 3 rings (SSSR count). The monoisotopic (exact) mass is 313 g/mol. The maximum atomic E-state index is 10.6. The van der Waals surface area contributed by atoms with Gasteiger partial charge in [-0.2, -0.15) is 0 Å². The van der Waals surface area contributed by atoms with Crippen LogP contribution in [0.4, 0.5) is 0 Å². The fourth-order valence-electron chi connectivity index (χ4n) is 2.79. The molecule has 2 aromatic carbocycles. The van der Waals surface area contributed by atoms with Crippen LogP contribution in [0.2, 0.25) is 5.02 Å². The van der Waals surface area contributed by atoms with Crippen LogP contribution in [-0.4, -0.2) is 9.67 Å². The Morgan fingerprint density at radius 3 is 2.45 bits per heavy atom. The molecule has 0 aliphatic rings. The molecule has 2 nitrogen and oxygen atoms in total. The third-order valence-corrected chi connectivity index (χ3v) is 4.25. The first-order chi connectivity index (χ1) is 10.6. The first-order valence-electron chi connectivity index (χ1n) is 7.57. The molecule has 1 heterocycles. The maximum Gasteiger partial charge on any atom is 0.0962 e. The van der Waals surface area contributed by atoms with Crippen molar-refractivity contribution in [3.63, 3.8) is 0 Å². The second kappa shape index (κ2) is 6.15. The molecule has 1 atom stereocenters.